The first-order chi connectivity index (χ1) is 11.6. The number of nitrogens with zero attached hydrogens (tertiary/aromatic N) is 3. The SMILES string of the molecule is CCN1CCO[C@@H](CNC(=O)c2[nH]ccc2C)[C@@H]1c1nccn1C. The van der Waals surface area contributed by atoms with Gasteiger partial charge in [-0.2, -0.15) is 0 Å². The lowest BCUT2D eigenvalue weighted by Crippen LogP contribution is -2.50. The van der Waals surface area contributed by atoms with Gasteiger partial charge >= 0.3 is 0 Å². The summed E-state index contributed by atoms with van der Waals surface area (Å²) < 4.78 is 8.00. The van der Waals surface area contributed by atoms with E-state index in [9.17, 15) is 4.79 Å². The van der Waals surface area contributed by atoms with Gasteiger partial charge in [0.1, 0.15) is 11.5 Å². The van der Waals surface area contributed by atoms with E-state index < -0.39 is 0 Å². The Morgan fingerprint density at radius 3 is 3.00 bits per heavy atom. The summed E-state index contributed by atoms with van der Waals surface area (Å²) in [5, 5.41) is 2.99. The highest BCUT2D eigenvalue weighted by molar-refractivity contribution is 5.93. The third-order valence-electron chi connectivity index (χ3n) is 4.63. The fourth-order valence-electron chi connectivity index (χ4n) is 3.28. The molecule has 1 aliphatic heterocycles. The number of H-pyrrole nitrogens is 1. The van der Waals surface area contributed by atoms with E-state index in [0.29, 0.717) is 18.8 Å². The second-order valence-electron chi connectivity index (χ2n) is 6.12. The van der Waals surface area contributed by atoms with Crippen molar-refractivity contribution in [2.24, 2.45) is 7.05 Å². The van der Waals surface area contributed by atoms with Gasteiger partial charge < -0.3 is 19.6 Å². The van der Waals surface area contributed by atoms with Crippen LogP contribution in [0.15, 0.2) is 24.7 Å². The van der Waals surface area contributed by atoms with Crippen LogP contribution >= 0.6 is 0 Å². The molecule has 1 aliphatic rings. The minimum atomic E-state index is -0.126. The highest BCUT2D eigenvalue weighted by atomic mass is 16.5. The molecular formula is C17H25N5O2. The van der Waals surface area contributed by atoms with Crippen LogP contribution in [0.1, 0.15) is 34.8 Å². The van der Waals surface area contributed by atoms with Crippen LogP contribution in [0.2, 0.25) is 0 Å². The van der Waals surface area contributed by atoms with Crippen molar-refractivity contribution in [1.82, 2.24) is 24.8 Å². The Bertz CT molecular complexity index is 693. The molecule has 0 aromatic carbocycles. The average Bonchev–Trinajstić information content (AvgIpc) is 3.20. The number of amides is 1. The summed E-state index contributed by atoms with van der Waals surface area (Å²) in [6.45, 7) is 6.95. The number of imidazole rings is 1. The summed E-state index contributed by atoms with van der Waals surface area (Å²) in [4.78, 5) is 22.2. The molecule has 7 heteroatoms. The number of morpholine rings is 1. The summed E-state index contributed by atoms with van der Waals surface area (Å²) in [7, 11) is 1.99. The van der Waals surface area contributed by atoms with Gasteiger partial charge in [-0.15, -0.1) is 0 Å². The molecule has 7 nitrogen and oxygen atoms in total. The van der Waals surface area contributed by atoms with E-state index in [0.717, 1.165) is 24.5 Å². The molecule has 3 heterocycles. The van der Waals surface area contributed by atoms with Crippen molar-refractivity contribution in [1.29, 1.82) is 0 Å². The maximum absolute atomic E-state index is 12.3. The van der Waals surface area contributed by atoms with Crippen LogP contribution in [-0.2, 0) is 11.8 Å². The van der Waals surface area contributed by atoms with Crippen LogP contribution < -0.4 is 5.32 Å². The van der Waals surface area contributed by atoms with Crippen LogP contribution in [0.25, 0.3) is 0 Å². The Labute approximate surface area is 142 Å². The first-order valence-corrected chi connectivity index (χ1v) is 8.36. The predicted molar refractivity (Wildman–Crippen MR) is 90.8 cm³/mol. The van der Waals surface area contributed by atoms with Gasteiger partial charge in [0, 0.05) is 38.7 Å². The van der Waals surface area contributed by atoms with Gasteiger partial charge in [0.25, 0.3) is 5.91 Å². The van der Waals surface area contributed by atoms with E-state index in [1.165, 1.54) is 0 Å². The van der Waals surface area contributed by atoms with Crippen molar-refractivity contribution < 1.29 is 9.53 Å². The minimum Gasteiger partial charge on any atom is -0.373 e. The van der Waals surface area contributed by atoms with E-state index in [-0.39, 0.29) is 18.1 Å². The zero-order chi connectivity index (χ0) is 17.1. The highest BCUT2D eigenvalue weighted by Gasteiger charge is 2.35. The summed E-state index contributed by atoms with van der Waals surface area (Å²) in [5.41, 5.74) is 1.54. The average molecular weight is 331 g/mol. The number of hydrogen-bond acceptors (Lipinski definition) is 4. The summed E-state index contributed by atoms with van der Waals surface area (Å²) in [6, 6.07) is 1.93. The van der Waals surface area contributed by atoms with Gasteiger partial charge in [-0.05, 0) is 25.1 Å². The molecule has 2 N–H and O–H groups in total. The Morgan fingerprint density at radius 1 is 1.54 bits per heavy atom. The first kappa shape index (κ1) is 16.7. The molecule has 0 radical (unpaired) electrons. The predicted octanol–water partition coefficient (Wildman–Crippen LogP) is 1.25. The molecule has 1 fully saturated rings. The fourth-order valence-corrected chi connectivity index (χ4v) is 3.28. The lowest BCUT2D eigenvalue weighted by atomic mass is 10.1. The second kappa shape index (κ2) is 7.19. The lowest BCUT2D eigenvalue weighted by molar-refractivity contribution is -0.0720. The number of carbonyl (C=O) groups is 1. The summed E-state index contributed by atoms with van der Waals surface area (Å²) >= 11 is 0. The molecule has 0 saturated carbocycles. The van der Waals surface area contributed by atoms with E-state index in [2.05, 4.69) is 27.1 Å². The highest BCUT2D eigenvalue weighted by Crippen LogP contribution is 2.27. The quantitative estimate of drug-likeness (QED) is 0.865. The summed E-state index contributed by atoms with van der Waals surface area (Å²) in [5.74, 6) is 0.861. The third-order valence-corrected chi connectivity index (χ3v) is 4.63. The number of aryl methyl sites for hydroxylation is 2. The van der Waals surface area contributed by atoms with Crippen molar-refractivity contribution >= 4 is 5.91 Å². The van der Waals surface area contributed by atoms with Crippen molar-refractivity contribution in [3.8, 4) is 0 Å². The molecule has 0 aliphatic carbocycles. The molecule has 1 amide bonds. The van der Waals surface area contributed by atoms with Crippen LogP contribution in [0, 0.1) is 6.92 Å². The minimum absolute atomic E-state index is 0.0359. The smallest absolute Gasteiger partial charge is 0.268 e. The molecule has 130 valence electrons. The number of aromatic amines is 1. The van der Waals surface area contributed by atoms with Gasteiger partial charge in [0.05, 0.1) is 18.8 Å². The van der Waals surface area contributed by atoms with E-state index in [1.54, 1.807) is 12.4 Å². The monoisotopic (exact) mass is 331 g/mol. The first-order valence-electron chi connectivity index (χ1n) is 8.36. The molecule has 2 atom stereocenters. The number of nitrogens with one attached hydrogen (secondary N) is 2. The molecule has 2 aromatic heterocycles. The van der Waals surface area contributed by atoms with Gasteiger partial charge in [-0.1, -0.05) is 6.92 Å². The lowest BCUT2D eigenvalue weighted by Gasteiger charge is -2.40. The second-order valence-corrected chi connectivity index (χ2v) is 6.12. The molecule has 0 spiro atoms. The van der Waals surface area contributed by atoms with E-state index in [1.807, 2.05) is 30.8 Å². The van der Waals surface area contributed by atoms with Crippen LogP contribution in [0.4, 0.5) is 0 Å². The van der Waals surface area contributed by atoms with Gasteiger partial charge in [0.2, 0.25) is 0 Å². The van der Waals surface area contributed by atoms with Crippen molar-refractivity contribution in [2.45, 2.75) is 26.0 Å². The molecule has 3 rings (SSSR count). The van der Waals surface area contributed by atoms with E-state index >= 15 is 0 Å². The zero-order valence-electron chi connectivity index (χ0n) is 14.5. The van der Waals surface area contributed by atoms with Gasteiger partial charge in [-0.25, -0.2) is 4.98 Å². The standard InChI is InChI=1S/C17H25N5O2/c1-4-22-9-10-24-13(15(22)16-19-7-8-21(16)3)11-20-17(23)14-12(2)5-6-18-14/h5-8,13,15,18H,4,9-11H2,1-3H3,(H,20,23)/t13-,15+/m0/s1. The van der Waals surface area contributed by atoms with Crippen LogP contribution in [0.3, 0.4) is 0 Å². The molecule has 24 heavy (non-hydrogen) atoms. The Kier molecular flexibility index (Phi) is 5.01. The molecular weight excluding hydrogens is 306 g/mol. The maximum Gasteiger partial charge on any atom is 0.268 e. The van der Waals surface area contributed by atoms with Crippen molar-refractivity contribution in [3.63, 3.8) is 0 Å². The van der Waals surface area contributed by atoms with E-state index in [4.69, 9.17) is 4.74 Å². The van der Waals surface area contributed by atoms with Crippen molar-refractivity contribution in [2.75, 3.05) is 26.2 Å². The maximum atomic E-state index is 12.3. The van der Waals surface area contributed by atoms with Crippen molar-refractivity contribution in [3.05, 3.63) is 41.7 Å². The largest absolute Gasteiger partial charge is 0.373 e. The molecule has 2 aromatic rings. The van der Waals surface area contributed by atoms with Gasteiger partial charge in [0.15, 0.2) is 0 Å². The number of carbonyl (C=O) groups excluding carboxylic acids is 1. The number of rotatable bonds is 5. The number of ether oxygens (including phenoxy) is 1. The van der Waals surface area contributed by atoms with Crippen LogP contribution in [0.5, 0.6) is 0 Å². The zero-order valence-corrected chi connectivity index (χ0v) is 14.5. The summed E-state index contributed by atoms with van der Waals surface area (Å²) in [6.07, 6.45) is 5.39. The molecule has 1 saturated heterocycles. The number of likely N-dealkylation sites (N-methyl/N-ethyl adjacent to an activating group) is 1. The number of hydrogen-bond donors (Lipinski definition) is 2. The normalized spacial score (nSPS) is 21.8. The Morgan fingerprint density at radius 2 is 2.38 bits per heavy atom. The topological polar surface area (TPSA) is 75.2 Å². The fraction of sp³-hybridized carbons (Fsp3) is 0.529. The number of aromatic nitrogens is 3. The van der Waals surface area contributed by atoms with Gasteiger partial charge in [-0.3, -0.25) is 9.69 Å². The third kappa shape index (κ3) is 3.22. The Balaban J connectivity index is 1.73. The molecule has 0 bridgehead atoms. The molecule has 0 unspecified atom stereocenters. The van der Waals surface area contributed by atoms with Crippen LogP contribution in [-0.4, -0.2) is 57.7 Å². The Hall–Kier alpha value is -2.12.